The molecule has 2 atom stereocenters. The van der Waals surface area contributed by atoms with Crippen molar-refractivity contribution < 1.29 is 9.84 Å². The number of hydrogen-bond donors (Lipinski definition) is 2. The summed E-state index contributed by atoms with van der Waals surface area (Å²) in [5.41, 5.74) is 0. The van der Waals surface area contributed by atoms with Gasteiger partial charge >= 0.3 is 0 Å². The van der Waals surface area contributed by atoms with Crippen molar-refractivity contribution >= 4 is 0 Å². The van der Waals surface area contributed by atoms with Gasteiger partial charge in [-0.05, 0) is 44.7 Å². The minimum Gasteiger partial charge on any atom is -0.389 e. The van der Waals surface area contributed by atoms with Crippen LogP contribution in [0.2, 0.25) is 0 Å². The van der Waals surface area contributed by atoms with Gasteiger partial charge in [-0.2, -0.15) is 0 Å². The maximum Gasteiger partial charge on any atom is 0.0897 e. The predicted octanol–water partition coefficient (Wildman–Crippen LogP) is 0.848. The van der Waals surface area contributed by atoms with Crippen LogP contribution in [0.3, 0.4) is 0 Å². The van der Waals surface area contributed by atoms with Gasteiger partial charge < -0.3 is 15.2 Å². The Bertz CT molecular complexity index is 234. The summed E-state index contributed by atoms with van der Waals surface area (Å²) in [4.78, 5) is 2.52. The summed E-state index contributed by atoms with van der Waals surface area (Å²) in [6.45, 7) is 7.55. The number of aliphatic hydroxyl groups excluding tert-OH is 1. The Balaban J connectivity index is 1.48. The van der Waals surface area contributed by atoms with Crippen molar-refractivity contribution in [1.82, 2.24) is 10.2 Å². The molecule has 1 saturated heterocycles. The predicted molar refractivity (Wildman–Crippen MR) is 72.7 cm³/mol. The van der Waals surface area contributed by atoms with Crippen LogP contribution in [0.5, 0.6) is 0 Å². The van der Waals surface area contributed by atoms with E-state index in [1.807, 2.05) is 0 Å². The summed E-state index contributed by atoms with van der Waals surface area (Å²) in [6, 6.07) is 0.662. The first-order chi connectivity index (χ1) is 8.79. The zero-order chi connectivity index (χ0) is 12.8. The van der Waals surface area contributed by atoms with Gasteiger partial charge in [0.05, 0.1) is 12.7 Å². The van der Waals surface area contributed by atoms with Crippen LogP contribution >= 0.6 is 0 Å². The summed E-state index contributed by atoms with van der Waals surface area (Å²) >= 11 is 0. The number of hydrogen-bond acceptors (Lipinski definition) is 4. The van der Waals surface area contributed by atoms with Crippen molar-refractivity contribution in [3.63, 3.8) is 0 Å². The van der Waals surface area contributed by atoms with E-state index in [4.69, 9.17) is 4.74 Å². The van der Waals surface area contributed by atoms with Crippen molar-refractivity contribution in [2.75, 3.05) is 39.4 Å². The molecule has 4 nitrogen and oxygen atoms in total. The topological polar surface area (TPSA) is 44.7 Å². The summed E-state index contributed by atoms with van der Waals surface area (Å²) in [7, 11) is 0. The molecule has 106 valence electrons. The Kier molecular flexibility index (Phi) is 5.89. The van der Waals surface area contributed by atoms with Gasteiger partial charge in [-0.1, -0.05) is 6.92 Å². The molecule has 2 aliphatic rings. The molecule has 0 aromatic rings. The summed E-state index contributed by atoms with van der Waals surface area (Å²) in [5, 5.41) is 13.2. The summed E-state index contributed by atoms with van der Waals surface area (Å²) in [5.74, 6) is 0.779. The van der Waals surface area contributed by atoms with Gasteiger partial charge in [0.25, 0.3) is 0 Å². The molecule has 1 saturated carbocycles. The number of nitrogens with zero attached hydrogens (tertiary/aromatic N) is 1. The van der Waals surface area contributed by atoms with Gasteiger partial charge in [0.15, 0.2) is 0 Å². The quantitative estimate of drug-likeness (QED) is 0.642. The number of likely N-dealkylation sites (tertiary alicyclic amines) is 1. The van der Waals surface area contributed by atoms with Crippen LogP contribution in [0, 0.1) is 5.92 Å². The number of likely N-dealkylation sites (N-methyl/N-ethyl adjacent to an activating group) is 1. The lowest BCUT2D eigenvalue weighted by Crippen LogP contribution is -2.41. The fourth-order valence-electron chi connectivity index (χ4n) is 2.67. The van der Waals surface area contributed by atoms with Crippen LogP contribution < -0.4 is 5.32 Å². The zero-order valence-electron chi connectivity index (χ0n) is 11.6. The van der Waals surface area contributed by atoms with Gasteiger partial charge in [0, 0.05) is 25.7 Å². The van der Waals surface area contributed by atoms with Crippen LogP contribution in [-0.2, 0) is 4.74 Å². The molecule has 0 spiro atoms. The second kappa shape index (κ2) is 7.43. The lowest BCUT2D eigenvalue weighted by molar-refractivity contribution is 0.0319. The lowest BCUT2D eigenvalue weighted by Gasteiger charge is -2.23. The molecule has 4 heteroatoms. The molecule has 1 heterocycles. The second-order valence-corrected chi connectivity index (χ2v) is 5.72. The number of nitrogens with one attached hydrogen (secondary N) is 1. The highest BCUT2D eigenvalue weighted by Crippen LogP contribution is 2.28. The third-order valence-corrected chi connectivity index (χ3v) is 4.03. The fourth-order valence-corrected chi connectivity index (χ4v) is 2.67. The van der Waals surface area contributed by atoms with E-state index in [1.165, 1.54) is 32.2 Å². The molecule has 1 aliphatic carbocycles. The Morgan fingerprint density at radius 2 is 2.22 bits per heavy atom. The highest BCUT2D eigenvalue weighted by Gasteiger charge is 2.23. The summed E-state index contributed by atoms with van der Waals surface area (Å²) < 4.78 is 5.48. The molecule has 2 unspecified atom stereocenters. The van der Waals surface area contributed by atoms with E-state index in [9.17, 15) is 5.11 Å². The van der Waals surface area contributed by atoms with E-state index in [-0.39, 0.29) is 6.10 Å². The first-order valence-electron chi connectivity index (χ1n) is 7.50. The Hall–Kier alpha value is -0.160. The van der Waals surface area contributed by atoms with Crippen molar-refractivity contribution in [3.8, 4) is 0 Å². The molecule has 18 heavy (non-hydrogen) atoms. The molecule has 2 rings (SSSR count). The van der Waals surface area contributed by atoms with Crippen LogP contribution in [0.4, 0.5) is 0 Å². The van der Waals surface area contributed by atoms with E-state index in [2.05, 4.69) is 17.1 Å². The highest BCUT2D eigenvalue weighted by atomic mass is 16.5. The molecule has 0 amide bonds. The van der Waals surface area contributed by atoms with E-state index in [0.29, 0.717) is 19.2 Å². The van der Waals surface area contributed by atoms with Crippen LogP contribution in [0.25, 0.3) is 0 Å². The Labute approximate surface area is 111 Å². The third kappa shape index (κ3) is 4.84. The monoisotopic (exact) mass is 256 g/mol. The average Bonchev–Trinajstić information content (AvgIpc) is 3.07. The molecule has 1 aliphatic heterocycles. The smallest absolute Gasteiger partial charge is 0.0897 e. The van der Waals surface area contributed by atoms with E-state index in [1.54, 1.807) is 0 Å². The van der Waals surface area contributed by atoms with Crippen LogP contribution in [0.1, 0.15) is 32.6 Å². The molecular formula is C14H28N2O2. The van der Waals surface area contributed by atoms with Gasteiger partial charge in [-0.25, -0.2) is 0 Å². The van der Waals surface area contributed by atoms with Gasteiger partial charge in [0.1, 0.15) is 0 Å². The van der Waals surface area contributed by atoms with Crippen LogP contribution in [0.15, 0.2) is 0 Å². The standard InChI is InChI=1S/C14H28N2O2/c1-2-16-7-3-4-13(16)8-15-9-14(17)11-18-10-12-5-6-12/h12-15,17H,2-11H2,1H3. The van der Waals surface area contributed by atoms with Crippen molar-refractivity contribution in [2.24, 2.45) is 5.92 Å². The van der Waals surface area contributed by atoms with Crippen molar-refractivity contribution in [2.45, 2.75) is 44.8 Å². The summed E-state index contributed by atoms with van der Waals surface area (Å²) in [6.07, 6.45) is 4.86. The van der Waals surface area contributed by atoms with E-state index >= 15 is 0 Å². The largest absolute Gasteiger partial charge is 0.389 e. The minimum atomic E-state index is -0.361. The highest BCUT2D eigenvalue weighted by molar-refractivity contribution is 4.80. The fraction of sp³-hybridized carbons (Fsp3) is 1.00. The number of ether oxygens (including phenoxy) is 1. The zero-order valence-corrected chi connectivity index (χ0v) is 11.6. The molecule has 0 radical (unpaired) electrons. The molecule has 2 N–H and O–H groups in total. The Morgan fingerprint density at radius 1 is 1.39 bits per heavy atom. The molecule has 0 aromatic carbocycles. The molecular weight excluding hydrogens is 228 g/mol. The van der Waals surface area contributed by atoms with E-state index in [0.717, 1.165) is 25.6 Å². The molecule has 0 aromatic heterocycles. The number of rotatable bonds is 9. The van der Waals surface area contributed by atoms with Gasteiger partial charge in [-0.3, -0.25) is 4.90 Å². The number of aliphatic hydroxyl groups is 1. The normalized spacial score (nSPS) is 26.7. The van der Waals surface area contributed by atoms with E-state index < -0.39 is 0 Å². The lowest BCUT2D eigenvalue weighted by atomic mass is 10.2. The van der Waals surface area contributed by atoms with Gasteiger partial charge in [-0.15, -0.1) is 0 Å². The maximum atomic E-state index is 9.78. The first kappa shape index (κ1) is 14.3. The maximum absolute atomic E-state index is 9.78. The SMILES string of the molecule is CCN1CCCC1CNCC(O)COCC1CC1. The van der Waals surface area contributed by atoms with Crippen molar-refractivity contribution in [1.29, 1.82) is 0 Å². The second-order valence-electron chi connectivity index (χ2n) is 5.72. The molecule has 0 bridgehead atoms. The minimum absolute atomic E-state index is 0.361. The Morgan fingerprint density at radius 3 is 2.94 bits per heavy atom. The average molecular weight is 256 g/mol. The van der Waals surface area contributed by atoms with Crippen molar-refractivity contribution in [3.05, 3.63) is 0 Å². The first-order valence-corrected chi connectivity index (χ1v) is 7.50. The van der Waals surface area contributed by atoms with Gasteiger partial charge in [0.2, 0.25) is 0 Å². The van der Waals surface area contributed by atoms with Crippen LogP contribution in [-0.4, -0.2) is 61.5 Å². The third-order valence-electron chi connectivity index (χ3n) is 4.03. The molecule has 2 fully saturated rings.